The summed E-state index contributed by atoms with van der Waals surface area (Å²) in [6, 6.07) is 22.6. The first-order valence-electron chi connectivity index (χ1n) is 9.07. The molecule has 1 aliphatic heterocycles. The van der Waals surface area contributed by atoms with E-state index in [1.807, 2.05) is 66.7 Å². The second-order valence-corrected chi connectivity index (χ2v) is 6.89. The van der Waals surface area contributed by atoms with Crippen molar-refractivity contribution in [2.45, 2.75) is 6.04 Å². The Morgan fingerprint density at radius 3 is 2.52 bits per heavy atom. The van der Waals surface area contributed by atoms with Crippen LogP contribution >= 0.6 is 11.6 Å². The highest BCUT2D eigenvalue weighted by molar-refractivity contribution is 6.33. The third-order valence-electron chi connectivity index (χ3n) is 4.61. The summed E-state index contributed by atoms with van der Waals surface area (Å²) in [6.07, 6.45) is 0. The predicted octanol–water partition coefficient (Wildman–Crippen LogP) is 5.32. The van der Waals surface area contributed by atoms with Gasteiger partial charge < -0.3 is 19.2 Å². The molecule has 0 fully saturated rings. The standard InChI is InChI=1S/C22H16ClN3O3/c23-17-9-5-4-8-16(17)21-25-26-22(29-21)20(14-6-2-1-3-7-14)24-15-10-11-18-19(12-15)28-13-27-18/h1-12,20,24H,13H2/t20-/m1/s1. The number of ether oxygens (including phenoxy) is 2. The molecule has 0 amide bonds. The molecule has 5 rings (SSSR count). The zero-order chi connectivity index (χ0) is 19.6. The summed E-state index contributed by atoms with van der Waals surface area (Å²) in [5.41, 5.74) is 2.53. The molecule has 0 bridgehead atoms. The average molecular weight is 406 g/mol. The van der Waals surface area contributed by atoms with Gasteiger partial charge in [-0.25, -0.2) is 0 Å². The van der Waals surface area contributed by atoms with Crippen LogP contribution in [-0.2, 0) is 0 Å². The van der Waals surface area contributed by atoms with Crippen molar-refractivity contribution < 1.29 is 13.9 Å². The zero-order valence-electron chi connectivity index (χ0n) is 15.2. The SMILES string of the molecule is Clc1ccccc1-c1nnc([C@H](Nc2ccc3c(c2)OCO3)c2ccccc2)o1. The molecular formula is C22H16ClN3O3. The van der Waals surface area contributed by atoms with Gasteiger partial charge in [0.05, 0.1) is 10.6 Å². The van der Waals surface area contributed by atoms with Gasteiger partial charge in [-0.15, -0.1) is 10.2 Å². The lowest BCUT2D eigenvalue weighted by Crippen LogP contribution is -2.12. The highest BCUT2D eigenvalue weighted by Crippen LogP contribution is 2.36. The number of anilines is 1. The quantitative estimate of drug-likeness (QED) is 0.484. The minimum atomic E-state index is -0.347. The normalized spacial score (nSPS) is 13.3. The summed E-state index contributed by atoms with van der Waals surface area (Å²) in [6.45, 7) is 0.228. The highest BCUT2D eigenvalue weighted by Gasteiger charge is 2.23. The Kier molecular flexibility index (Phi) is 4.54. The molecule has 4 aromatic rings. The number of benzene rings is 3. The van der Waals surface area contributed by atoms with Crippen molar-refractivity contribution in [1.82, 2.24) is 10.2 Å². The van der Waals surface area contributed by atoms with Gasteiger partial charge in [0.25, 0.3) is 0 Å². The molecule has 0 spiro atoms. The molecule has 144 valence electrons. The Balaban J connectivity index is 1.51. The number of hydrogen-bond donors (Lipinski definition) is 1. The number of nitrogens with one attached hydrogen (secondary N) is 1. The first-order valence-corrected chi connectivity index (χ1v) is 9.45. The molecule has 0 unspecified atom stereocenters. The van der Waals surface area contributed by atoms with Crippen LogP contribution in [0.3, 0.4) is 0 Å². The van der Waals surface area contributed by atoms with Gasteiger partial charge in [-0.05, 0) is 29.8 Å². The minimum absolute atomic E-state index is 0.228. The van der Waals surface area contributed by atoms with Gasteiger partial charge in [-0.1, -0.05) is 54.1 Å². The van der Waals surface area contributed by atoms with E-state index in [0.29, 0.717) is 28.1 Å². The number of nitrogens with zero attached hydrogens (tertiary/aromatic N) is 2. The number of aromatic nitrogens is 2. The first-order chi connectivity index (χ1) is 14.3. The Morgan fingerprint density at radius 1 is 0.862 bits per heavy atom. The largest absolute Gasteiger partial charge is 0.454 e. The fourth-order valence-electron chi connectivity index (χ4n) is 3.18. The number of halogens is 1. The molecule has 6 nitrogen and oxygen atoms in total. The Labute approximate surface area is 172 Å². The number of fused-ring (bicyclic) bond motifs is 1. The van der Waals surface area contributed by atoms with Gasteiger partial charge in [-0.3, -0.25) is 0 Å². The first kappa shape index (κ1) is 17.6. The van der Waals surface area contributed by atoms with Gasteiger partial charge in [-0.2, -0.15) is 0 Å². The lowest BCUT2D eigenvalue weighted by atomic mass is 10.1. The van der Waals surface area contributed by atoms with Gasteiger partial charge in [0.15, 0.2) is 11.5 Å². The molecule has 29 heavy (non-hydrogen) atoms. The summed E-state index contributed by atoms with van der Waals surface area (Å²) in [5.74, 6) is 2.23. The molecular weight excluding hydrogens is 390 g/mol. The molecule has 0 radical (unpaired) electrons. The van der Waals surface area contributed by atoms with E-state index < -0.39 is 0 Å². The van der Waals surface area contributed by atoms with Gasteiger partial charge in [0, 0.05) is 11.8 Å². The molecule has 1 aromatic heterocycles. The van der Waals surface area contributed by atoms with E-state index in [1.165, 1.54) is 0 Å². The highest BCUT2D eigenvalue weighted by atomic mass is 35.5. The molecule has 1 atom stereocenters. The van der Waals surface area contributed by atoms with E-state index in [9.17, 15) is 0 Å². The van der Waals surface area contributed by atoms with Crippen LogP contribution in [-0.4, -0.2) is 17.0 Å². The Hall–Kier alpha value is -3.51. The van der Waals surface area contributed by atoms with Crippen LogP contribution in [0.1, 0.15) is 17.5 Å². The van der Waals surface area contributed by atoms with Crippen LogP contribution in [0.2, 0.25) is 5.02 Å². The predicted molar refractivity (Wildman–Crippen MR) is 109 cm³/mol. The molecule has 2 heterocycles. The van der Waals surface area contributed by atoms with Gasteiger partial charge in [0.2, 0.25) is 18.6 Å². The monoisotopic (exact) mass is 405 g/mol. The molecule has 0 aliphatic carbocycles. The Bertz CT molecular complexity index is 1150. The Morgan fingerprint density at radius 2 is 1.66 bits per heavy atom. The van der Waals surface area contributed by atoms with Crippen molar-refractivity contribution in [3.8, 4) is 23.0 Å². The average Bonchev–Trinajstić information content (AvgIpc) is 3.42. The van der Waals surface area contributed by atoms with Crippen molar-refractivity contribution in [2.24, 2.45) is 0 Å². The van der Waals surface area contributed by atoms with Crippen LogP contribution in [0.15, 0.2) is 77.2 Å². The summed E-state index contributed by atoms with van der Waals surface area (Å²) in [7, 11) is 0. The van der Waals surface area contributed by atoms with Crippen molar-refractivity contribution in [3.05, 3.63) is 89.3 Å². The molecule has 1 aliphatic rings. The van der Waals surface area contributed by atoms with Crippen molar-refractivity contribution in [2.75, 3.05) is 12.1 Å². The smallest absolute Gasteiger partial charge is 0.249 e. The van der Waals surface area contributed by atoms with Crippen molar-refractivity contribution in [1.29, 1.82) is 0 Å². The fraction of sp³-hybridized carbons (Fsp3) is 0.0909. The molecule has 7 heteroatoms. The maximum Gasteiger partial charge on any atom is 0.249 e. The third-order valence-corrected chi connectivity index (χ3v) is 4.94. The fourth-order valence-corrected chi connectivity index (χ4v) is 3.40. The molecule has 0 saturated carbocycles. The van der Waals surface area contributed by atoms with E-state index in [-0.39, 0.29) is 12.8 Å². The zero-order valence-corrected chi connectivity index (χ0v) is 16.0. The van der Waals surface area contributed by atoms with E-state index in [1.54, 1.807) is 6.07 Å². The summed E-state index contributed by atoms with van der Waals surface area (Å²) < 4.78 is 16.9. The van der Waals surface area contributed by atoms with Crippen LogP contribution < -0.4 is 14.8 Å². The van der Waals surface area contributed by atoms with Crippen molar-refractivity contribution >= 4 is 17.3 Å². The molecule has 3 aromatic carbocycles. The van der Waals surface area contributed by atoms with Crippen LogP contribution in [0.5, 0.6) is 11.5 Å². The summed E-state index contributed by atoms with van der Waals surface area (Å²) in [5, 5.41) is 12.5. The molecule has 1 N–H and O–H groups in total. The number of hydrogen-bond acceptors (Lipinski definition) is 6. The van der Waals surface area contributed by atoms with Crippen molar-refractivity contribution in [3.63, 3.8) is 0 Å². The summed E-state index contributed by atoms with van der Waals surface area (Å²) >= 11 is 6.28. The second kappa shape index (κ2) is 7.48. The summed E-state index contributed by atoms with van der Waals surface area (Å²) in [4.78, 5) is 0. The second-order valence-electron chi connectivity index (χ2n) is 6.48. The van der Waals surface area contributed by atoms with Crippen LogP contribution in [0, 0.1) is 0 Å². The van der Waals surface area contributed by atoms with Crippen LogP contribution in [0.25, 0.3) is 11.5 Å². The van der Waals surface area contributed by atoms with E-state index in [4.69, 9.17) is 25.5 Å². The maximum atomic E-state index is 6.28. The van der Waals surface area contributed by atoms with Gasteiger partial charge in [0.1, 0.15) is 6.04 Å². The topological polar surface area (TPSA) is 69.4 Å². The van der Waals surface area contributed by atoms with E-state index in [2.05, 4.69) is 15.5 Å². The van der Waals surface area contributed by atoms with Gasteiger partial charge >= 0.3 is 0 Å². The lowest BCUT2D eigenvalue weighted by Gasteiger charge is -2.17. The third kappa shape index (κ3) is 3.50. The molecule has 0 saturated heterocycles. The van der Waals surface area contributed by atoms with E-state index >= 15 is 0 Å². The maximum absolute atomic E-state index is 6.28. The minimum Gasteiger partial charge on any atom is -0.454 e. The van der Waals surface area contributed by atoms with Crippen LogP contribution in [0.4, 0.5) is 5.69 Å². The lowest BCUT2D eigenvalue weighted by molar-refractivity contribution is 0.174. The number of rotatable bonds is 5. The van der Waals surface area contributed by atoms with E-state index in [0.717, 1.165) is 17.0 Å².